The van der Waals surface area contributed by atoms with Crippen LogP contribution in [0.2, 0.25) is 0 Å². The Labute approximate surface area is 295 Å². The fourth-order valence-electron chi connectivity index (χ4n) is 8.52. The van der Waals surface area contributed by atoms with Crippen LogP contribution in [0.1, 0.15) is 48.8 Å². The highest BCUT2D eigenvalue weighted by molar-refractivity contribution is 6.10. The quantitative estimate of drug-likeness (QED) is 0.188. The number of para-hydroxylation sites is 1. The summed E-state index contributed by atoms with van der Waals surface area (Å²) in [6.07, 6.45) is 5.91. The summed E-state index contributed by atoms with van der Waals surface area (Å²) in [5.74, 6) is 1.81. The first-order chi connectivity index (χ1) is 25.2. The van der Waals surface area contributed by atoms with Crippen LogP contribution in [0.15, 0.2) is 138 Å². The maximum atomic E-state index is 9.74. The van der Waals surface area contributed by atoms with E-state index in [1.54, 1.807) is 0 Å². The first kappa shape index (κ1) is 29.5. The molecule has 1 saturated carbocycles. The van der Waals surface area contributed by atoms with Crippen molar-refractivity contribution in [1.29, 1.82) is 5.26 Å². The Morgan fingerprint density at radius 1 is 0.510 bits per heavy atom. The Bertz CT molecular complexity index is 2620. The molecule has 0 amide bonds. The van der Waals surface area contributed by atoms with E-state index < -0.39 is 0 Å². The zero-order valence-corrected chi connectivity index (χ0v) is 27.9. The van der Waals surface area contributed by atoms with Gasteiger partial charge in [0.1, 0.15) is 11.2 Å². The monoisotopic (exact) mass is 656 g/mol. The van der Waals surface area contributed by atoms with E-state index in [4.69, 9.17) is 19.4 Å². The third-order valence-corrected chi connectivity index (χ3v) is 11.0. The van der Waals surface area contributed by atoms with Crippen LogP contribution in [0.4, 0.5) is 0 Å². The number of rotatable bonds is 4. The summed E-state index contributed by atoms with van der Waals surface area (Å²) in [5, 5.41) is 11.8. The van der Waals surface area contributed by atoms with E-state index in [9.17, 15) is 5.26 Å². The number of nitrogens with zero attached hydrogens (tertiary/aromatic N) is 4. The van der Waals surface area contributed by atoms with Gasteiger partial charge in [0.05, 0.1) is 17.2 Å². The lowest BCUT2D eigenvalue weighted by Gasteiger charge is -2.36. The molecule has 0 N–H and O–H groups in total. The minimum atomic E-state index is -0.0329. The van der Waals surface area contributed by atoms with Gasteiger partial charge in [-0.2, -0.15) is 5.26 Å². The van der Waals surface area contributed by atoms with Crippen LogP contribution < -0.4 is 0 Å². The van der Waals surface area contributed by atoms with Crippen molar-refractivity contribution in [2.45, 2.75) is 37.5 Å². The van der Waals surface area contributed by atoms with Gasteiger partial charge < -0.3 is 4.42 Å². The van der Waals surface area contributed by atoms with Crippen molar-refractivity contribution < 1.29 is 4.42 Å². The maximum Gasteiger partial charge on any atom is 0.167 e. The maximum absolute atomic E-state index is 9.74. The second-order valence-electron chi connectivity index (χ2n) is 13.8. The average Bonchev–Trinajstić information content (AvgIpc) is 3.70. The molecule has 8 aromatic rings. The standard InChI is InChI=1S/C46H32N4O/c47-28-29-17-20-34-35-21-18-33(27-40(35)46(39(34)25-29)23-8-3-9-24-46)32-19-22-41-38(26-32)36-15-10-16-37(42(36)51-41)45-49-43(30-11-4-1-5-12-30)48-44(50-45)31-13-6-2-7-14-31/h1-2,4-7,10-22,25-27H,3,8-9,23-24H2. The van der Waals surface area contributed by atoms with Crippen LogP contribution in [0, 0.1) is 11.3 Å². The predicted molar refractivity (Wildman–Crippen MR) is 203 cm³/mol. The lowest BCUT2D eigenvalue weighted by Crippen LogP contribution is -2.28. The molecule has 0 radical (unpaired) electrons. The summed E-state index contributed by atoms with van der Waals surface area (Å²) in [4.78, 5) is 14.9. The second-order valence-corrected chi connectivity index (χ2v) is 13.8. The van der Waals surface area contributed by atoms with Gasteiger partial charge in [-0.15, -0.1) is 0 Å². The van der Waals surface area contributed by atoms with Gasteiger partial charge in [0.15, 0.2) is 17.5 Å². The molecule has 0 bridgehead atoms. The Morgan fingerprint density at radius 2 is 1.14 bits per heavy atom. The molecule has 6 aromatic carbocycles. The molecule has 2 heterocycles. The lowest BCUT2D eigenvalue weighted by atomic mass is 9.67. The molecule has 1 spiro atoms. The van der Waals surface area contributed by atoms with Gasteiger partial charge in [-0.3, -0.25) is 0 Å². The third-order valence-electron chi connectivity index (χ3n) is 11.0. The Morgan fingerprint density at radius 3 is 1.84 bits per heavy atom. The van der Waals surface area contributed by atoms with E-state index in [0.717, 1.165) is 62.6 Å². The van der Waals surface area contributed by atoms with Crippen LogP contribution in [0.25, 0.3) is 78.4 Å². The zero-order valence-electron chi connectivity index (χ0n) is 27.9. The van der Waals surface area contributed by atoms with E-state index in [1.807, 2.05) is 72.8 Å². The molecule has 2 aromatic heterocycles. The minimum Gasteiger partial charge on any atom is -0.455 e. The molecule has 0 saturated heterocycles. The van der Waals surface area contributed by atoms with Crippen molar-refractivity contribution in [1.82, 2.24) is 15.0 Å². The van der Waals surface area contributed by atoms with Gasteiger partial charge in [0.25, 0.3) is 0 Å². The van der Waals surface area contributed by atoms with E-state index in [2.05, 4.69) is 66.7 Å². The summed E-state index contributed by atoms with van der Waals surface area (Å²) < 4.78 is 6.62. The first-order valence-corrected chi connectivity index (χ1v) is 17.7. The van der Waals surface area contributed by atoms with Gasteiger partial charge in [-0.05, 0) is 82.6 Å². The largest absolute Gasteiger partial charge is 0.455 e. The molecule has 0 aliphatic heterocycles. The number of hydrogen-bond donors (Lipinski definition) is 0. The topological polar surface area (TPSA) is 75.6 Å². The Balaban J connectivity index is 1.10. The predicted octanol–water partition coefficient (Wildman–Crippen LogP) is 11.5. The van der Waals surface area contributed by atoms with Gasteiger partial charge in [0, 0.05) is 27.3 Å². The highest BCUT2D eigenvalue weighted by Gasteiger charge is 2.44. The van der Waals surface area contributed by atoms with E-state index in [0.29, 0.717) is 17.5 Å². The highest BCUT2D eigenvalue weighted by Crippen LogP contribution is 2.56. The number of furan rings is 1. The SMILES string of the molecule is N#Cc1ccc2c(c1)C1(CCCCC1)c1cc(-c3ccc4oc5c(-c6nc(-c7ccccc7)nc(-c7ccccc7)n6)cccc5c4c3)ccc1-2. The first-order valence-electron chi connectivity index (χ1n) is 17.7. The van der Waals surface area contributed by atoms with Crippen LogP contribution >= 0.6 is 0 Å². The molecule has 242 valence electrons. The van der Waals surface area contributed by atoms with Gasteiger partial charge in [-0.1, -0.05) is 116 Å². The van der Waals surface area contributed by atoms with E-state index >= 15 is 0 Å². The van der Waals surface area contributed by atoms with Gasteiger partial charge in [0.2, 0.25) is 0 Å². The van der Waals surface area contributed by atoms with E-state index in [-0.39, 0.29) is 5.41 Å². The number of fused-ring (bicyclic) bond motifs is 8. The fourth-order valence-corrected chi connectivity index (χ4v) is 8.52. The Kier molecular flexibility index (Phi) is 6.72. The minimum absolute atomic E-state index is 0.0329. The van der Waals surface area contributed by atoms with Gasteiger partial charge in [-0.25, -0.2) is 15.0 Å². The lowest BCUT2D eigenvalue weighted by molar-refractivity contribution is 0.353. The molecule has 51 heavy (non-hydrogen) atoms. The molecule has 5 nitrogen and oxygen atoms in total. The number of hydrogen-bond acceptors (Lipinski definition) is 5. The van der Waals surface area contributed by atoms with Crippen LogP contribution in [-0.4, -0.2) is 15.0 Å². The van der Waals surface area contributed by atoms with Crippen LogP contribution in [-0.2, 0) is 5.41 Å². The number of nitriles is 1. The third kappa shape index (κ3) is 4.71. The molecule has 2 aliphatic carbocycles. The molecule has 1 fully saturated rings. The smallest absolute Gasteiger partial charge is 0.167 e. The zero-order chi connectivity index (χ0) is 33.9. The number of aromatic nitrogens is 3. The van der Waals surface area contributed by atoms with Crippen molar-refractivity contribution in [3.05, 3.63) is 150 Å². The van der Waals surface area contributed by atoms with Crippen LogP contribution in [0.3, 0.4) is 0 Å². The molecule has 5 heteroatoms. The van der Waals surface area contributed by atoms with Crippen molar-refractivity contribution in [2.24, 2.45) is 0 Å². The molecule has 10 rings (SSSR count). The highest BCUT2D eigenvalue weighted by atomic mass is 16.3. The number of benzene rings is 6. The Hall–Kier alpha value is -6.38. The van der Waals surface area contributed by atoms with Crippen molar-refractivity contribution >= 4 is 21.9 Å². The van der Waals surface area contributed by atoms with Crippen molar-refractivity contribution in [3.63, 3.8) is 0 Å². The van der Waals surface area contributed by atoms with Gasteiger partial charge >= 0.3 is 0 Å². The average molecular weight is 657 g/mol. The van der Waals surface area contributed by atoms with E-state index in [1.165, 1.54) is 47.1 Å². The molecule has 0 atom stereocenters. The molecular formula is C46H32N4O. The molecule has 0 unspecified atom stereocenters. The molecule has 2 aliphatic rings. The summed E-state index contributed by atoms with van der Waals surface area (Å²) in [6, 6.07) is 48.4. The van der Waals surface area contributed by atoms with Crippen LogP contribution in [0.5, 0.6) is 0 Å². The summed E-state index contributed by atoms with van der Waals surface area (Å²) >= 11 is 0. The normalized spacial score (nSPS) is 14.4. The summed E-state index contributed by atoms with van der Waals surface area (Å²) in [5.41, 5.74) is 12.6. The second kappa shape index (κ2) is 11.6. The summed E-state index contributed by atoms with van der Waals surface area (Å²) in [6.45, 7) is 0. The summed E-state index contributed by atoms with van der Waals surface area (Å²) in [7, 11) is 0. The van der Waals surface area contributed by atoms with Crippen molar-refractivity contribution in [3.8, 4) is 62.5 Å². The molecular weight excluding hydrogens is 625 g/mol. The van der Waals surface area contributed by atoms with Crippen molar-refractivity contribution in [2.75, 3.05) is 0 Å². The fraction of sp³-hybridized carbons (Fsp3) is 0.130.